The fourth-order valence-corrected chi connectivity index (χ4v) is 2.31. The number of ketones is 1. The lowest BCUT2D eigenvalue weighted by molar-refractivity contribution is -0.116. The van der Waals surface area contributed by atoms with Gasteiger partial charge in [-0.2, -0.15) is 0 Å². The Labute approximate surface area is 104 Å². The number of carbonyl (C=O) groups excluding carboxylic acids is 2. The maximum Gasteiger partial charge on any atom is 0.224 e. The molecular formula is C14H14FNO2. The zero-order chi connectivity index (χ0) is 12.7. The maximum absolute atomic E-state index is 13.9. The van der Waals surface area contributed by atoms with E-state index >= 15 is 0 Å². The van der Waals surface area contributed by atoms with E-state index in [4.69, 9.17) is 0 Å². The van der Waals surface area contributed by atoms with E-state index in [0.717, 1.165) is 18.4 Å². The summed E-state index contributed by atoms with van der Waals surface area (Å²) in [4.78, 5) is 23.1. The Hall–Kier alpha value is -1.71. The van der Waals surface area contributed by atoms with Gasteiger partial charge < -0.3 is 5.32 Å². The zero-order valence-corrected chi connectivity index (χ0v) is 9.96. The average molecular weight is 247 g/mol. The molecular weight excluding hydrogens is 233 g/mol. The molecule has 0 bridgehead atoms. The Morgan fingerprint density at radius 1 is 1.33 bits per heavy atom. The van der Waals surface area contributed by atoms with Gasteiger partial charge in [-0.1, -0.05) is 0 Å². The van der Waals surface area contributed by atoms with Crippen molar-refractivity contribution < 1.29 is 14.0 Å². The number of aryl methyl sites for hydroxylation is 1. The summed E-state index contributed by atoms with van der Waals surface area (Å²) in [6, 6.07) is 2.88. The van der Waals surface area contributed by atoms with Gasteiger partial charge in [0.25, 0.3) is 0 Å². The van der Waals surface area contributed by atoms with Crippen LogP contribution in [0, 0.1) is 11.7 Å². The van der Waals surface area contributed by atoms with Gasteiger partial charge in [0.1, 0.15) is 5.82 Å². The highest BCUT2D eigenvalue weighted by molar-refractivity contribution is 5.99. The Kier molecular flexibility index (Phi) is 2.65. The van der Waals surface area contributed by atoms with Crippen LogP contribution in [0.4, 0.5) is 10.1 Å². The summed E-state index contributed by atoms with van der Waals surface area (Å²) in [7, 11) is 0. The van der Waals surface area contributed by atoms with E-state index in [1.54, 1.807) is 6.07 Å². The molecule has 0 unspecified atom stereocenters. The lowest BCUT2D eigenvalue weighted by Crippen LogP contribution is -2.20. The van der Waals surface area contributed by atoms with E-state index in [0.29, 0.717) is 30.9 Å². The fraction of sp³-hybridized carbons (Fsp3) is 0.429. The Bertz CT molecular complexity index is 535. The van der Waals surface area contributed by atoms with Gasteiger partial charge >= 0.3 is 0 Å². The Balaban J connectivity index is 1.90. The lowest BCUT2D eigenvalue weighted by atomic mass is 9.96. The van der Waals surface area contributed by atoms with Gasteiger partial charge in [0, 0.05) is 18.5 Å². The molecule has 3 nitrogen and oxygen atoms in total. The summed E-state index contributed by atoms with van der Waals surface area (Å²) in [5.74, 6) is -0.289. The molecule has 0 saturated heterocycles. The van der Waals surface area contributed by atoms with Crippen molar-refractivity contribution in [1.82, 2.24) is 0 Å². The van der Waals surface area contributed by atoms with Crippen molar-refractivity contribution in [2.75, 3.05) is 5.32 Å². The second-order valence-corrected chi connectivity index (χ2v) is 5.11. The quantitative estimate of drug-likeness (QED) is 0.835. The van der Waals surface area contributed by atoms with E-state index in [2.05, 4.69) is 5.32 Å². The van der Waals surface area contributed by atoms with Crippen molar-refractivity contribution >= 4 is 17.4 Å². The summed E-state index contributed by atoms with van der Waals surface area (Å²) >= 11 is 0. The van der Waals surface area contributed by atoms with Crippen molar-refractivity contribution in [2.45, 2.75) is 32.1 Å². The minimum Gasteiger partial charge on any atom is -0.326 e. The molecule has 0 radical (unpaired) electrons. The third-order valence-corrected chi connectivity index (χ3v) is 3.56. The monoisotopic (exact) mass is 247 g/mol. The number of halogens is 1. The number of anilines is 1. The molecule has 0 aromatic heterocycles. The second-order valence-electron chi connectivity index (χ2n) is 5.11. The van der Waals surface area contributed by atoms with E-state index < -0.39 is 5.82 Å². The van der Waals surface area contributed by atoms with Crippen LogP contribution in [-0.2, 0) is 11.2 Å². The number of carbonyl (C=O) groups is 2. The standard InChI is InChI=1S/C14H14FNO2/c15-11-7-12-9(3-4-14(18)16-12)6-10(11)13(17)5-8-1-2-8/h6-8H,1-5H2,(H,16,18). The highest BCUT2D eigenvalue weighted by atomic mass is 19.1. The molecule has 0 spiro atoms. The van der Waals surface area contributed by atoms with E-state index in [9.17, 15) is 14.0 Å². The van der Waals surface area contributed by atoms with E-state index in [1.165, 1.54) is 6.07 Å². The maximum atomic E-state index is 13.9. The summed E-state index contributed by atoms with van der Waals surface area (Å²) in [6.45, 7) is 0. The predicted molar refractivity (Wildman–Crippen MR) is 65.0 cm³/mol. The number of rotatable bonds is 3. The highest BCUT2D eigenvalue weighted by Crippen LogP contribution is 2.34. The topological polar surface area (TPSA) is 46.2 Å². The predicted octanol–water partition coefficient (Wildman–Crippen LogP) is 2.69. The van der Waals surface area contributed by atoms with Crippen LogP contribution in [0.5, 0.6) is 0 Å². The largest absolute Gasteiger partial charge is 0.326 e. The van der Waals surface area contributed by atoms with Gasteiger partial charge in [-0.3, -0.25) is 9.59 Å². The molecule has 1 aromatic carbocycles. The van der Waals surface area contributed by atoms with Crippen molar-refractivity contribution in [1.29, 1.82) is 0 Å². The van der Waals surface area contributed by atoms with Gasteiger partial charge in [0.2, 0.25) is 5.91 Å². The van der Waals surface area contributed by atoms with Crippen LogP contribution in [0.3, 0.4) is 0 Å². The Morgan fingerprint density at radius 2 is 2.11 bits per heavy atom. The number of hydrogen-bond acceptors (Lipinski definition) is 2. The Morgan fingerprint density at radius 3 is 2.83 bits per heavy atom. The molecule has 3 rings (SSSR count). The number of hydrogen-bond donors (Lipinski definition) is 1. The number of nitrogens with one attached hydrogen (secondary N) is 1. The molecule has 1 heterocycles. The molecule has 0 atom stereocenters. The van der Waals surface area contributed by atoms with Gasteiger partial charge in [-0.15, -0.1) is 0 Å². The first-order chi connectivity index (χ1) is 8.63. The van der Waals surface area contributed by atoms with Crippen molar-refractivity contribution in [2.24, 2.45) is 5.92 Å². The SMILES string of the molecule is O=C1CCc2cc(C(=O)CC3CC3)c(F)cc2N1. The molecule has 1 aliphatic carbocycles. The molecule has 18 heavy (non-hydrogen) atoms. The number of benzene rings is 1. The first kappa shape index (κ1) is 11.4. The van der Waals surface area contributed by atoms with Crippen LogP contribution in [0.1, 0.15) is 41.6 Å². The normalized spacial score (nSPS) is 18.2. The molecule has 1 saturated carbocycles. The molecule has 1 amide bonds. The van der Waals surface area contributed by atoms with Gasteiger partial charge in [0.05, 0.1) is 5.56 Å². The van der Waals surface area contributed by atoms with Crippen LogP contribution in [0.2, 0.25) is 0 Å². The summed E-state index contributed by atoms with van der Waals surface area (Å²) < 4.78 is 13.9. The minimum atomic E-state index is -0.526. The molecule has 4 heteroatoms. The molecule has 94 valence electrons. The third kappa shape index (κ3) is 2.15. The van der Waals surface area contributed by atoms with E-state index in [1.807, 2.05) is 0 Å². The minimum absolute atomic E-state index is 0.0982. The van der Waals surface area contributed by atoms with E-state index in [-0.39, 0.29) is 17.3 Å². The average Bonchev–Trinajstić information content (AvgIpc) is 3.11. The van der Waals surface area contributed by atoms with Crippen molar-refractivity contribution in [3.63, 3.8) is 0 Å². The smallest absolute Gasteiger partial charge is 0.224 e. The van der Waals surface area contributed by atoms with Crippen LogP contribution >= 0.6 is 0 Å². The molecule has 1 N–H and O–H groups in total. The third-order valence-electron chi connectivity index (χ3n) is 3.56. The second kappa shape index (κ2) is 4.19. The van der Waals surface area contributed by atoms with Gasteiger partial charge in [0.15, 0.2) is 5.78 Å². The number of fused-ring (bicyclic) bond motifs is 1. The summed E-state index contributed by atoms with van der Waals surface area (Å²) in [5, 5.41) is 2.63. The summed E-state index contributed by atoms with van der Waals surface area (Å²) in [5.41, 5.74) is 1.54. The molecule has 2 aliphatic rings. The lowest BCUT2D eigenvalue weighted by Gasteiger charge is -2.17. The van der Waals surface area contributed by atoms with Crippen LogP contribution in [0.25, 0.3) is 0 Å². The molecule has 1 fully saturated rings. The molecule has 1 aliphatic heterocycles. The fourth-order valence-electron chi connectivity index (χ4n) is 2.31. The highest BCUT2D eigenvalue weighted by Gasteiger charge is 2.27. The van der Waals surface area contributed by atoms with Gasteiger partial charge in [-0.05, 0) is 42.9 Å². The van der Waals surface area contributed by atoms with Crippen LogP contribution < -0.4 is 5.32 Å². The first-order valence-corrected chi connectivity index (χ1v) is 6.29. The first-order valence-electron chi connectivity index (χ1n) is 6.29. The van der Waals surface area contributed by atoms with Crippen molar-refractivity contribution in [3.05, 3.63) is 29.1 Å². The van der Waals surface area contributed by atoms with Crippen molar-refractivity contribution in [3.8, 4) is 0 Å². The number of Topliss-reactive ketones (excluding diaryl/α,β-unsaturated/α-hetero) is 1. The van der Waals surface area contributed by atoms with Crippen LogP contribution in [-0.4, -0.2) is 11.7 Å². The number of amides is 1. The van der Waals surface area contributed by atoms with Gasteiger partial charge in [-0.25, -0.2) is 4.39 Å². The molecule has 1 aromatic rings. The summed E-state index contributed by atoms with van der Waals surface area (Å²) in [6.07, 6.45) is 3.57. The zero-order valence-electron chi connectivity index (χ0n) is 9.96. The van der Waals surface area contributed by atoms with Crippen LogP contribution in [0.15, 0.2) is 12.1 Å².